The first-order valence-corrected chi connectivity index (χ1v) is 6.63. The second-order valence-electron chi connectivity index (χ2n) is 4.95. The number of ether oxygens (including phenoxy) is 1. The molecule has 20 heavy (non-hydrogen) atoms. The maximum Gasteiger partial charge on any atom is 0.328 e. The van der Waals surface area contributed by atoms with Crippen LogP contribution in [0.3, 0.4) is 0 Å². The Kier molecular flexibility index (Phi) is 4.31. The number of hydrogen-bond acceptors (Lipinski definition) is 3. The summed E-state index contributed by atoms with van der Waals surface area (Å²) in [4.78, 5) is 10.6. The molecule has 0 saturated heterocycles. The average Bonchev–Trinajstić information content (AvgIpc) is 3.16. The summed E-state index contributed by atoms with van der Waals surface area (Å²) in [6.45, 7) is 0.453. The van der Waals surface area contributed by atoms with Gasteiger partial charge in [0, 0.05) is 23.5 Å². The van der Waals surface area contributed by atoms with Gasteiger partial charge in [0.15, 0.2) is 0 Å². The van der Waals surface area contributed by atoms with Gasteiger partial charge < -0.3 is 9.84 Å². The summed E-state index contributed by atoms with van der Waals surface area (Å²) in [6, 6.07) is 7.35. The highest BCUT2D eigenvalue weighted by atomic mass is 35.5. The first kappa shape index (κ1) is 14.4. The van der Waals surface area contributed by atoms with Crippen molar-refractivity contribution in [2.24, 2.45) is 5.41 Å². The molecule has 1 saturated carbocycles. The standard InChI is InChI=1S/C15H14ClNO3/c16-12-2-1-3-13(11(12)4-5-14(18)19)20-10-15(6-7-15)8-9-17/h1-5H,6-8,10H2,(H,18,19)/b5-4+. The predicted molar refractivity (Wildman–Crippen MR) is 75.5 cm³/mol. The van der Waals surface area contributed by atoms with Crippen LogP contribution in [0, 0.1) is 16.7 Å². The Balaban J connectivity index is 2.13. The van der Waals surface area contributed by atoms with E-state index in [1.165, 1.54) is 6.08 Å². The van der Waals surface area contributed by atoms with Crippen LogP contribution in [0.5, 0.6) is 5.75 Å². The Bertz CT molecular complexity index is 585. The molecular weight excluding hydrogens is 278 g/mol. The van der Waals surface area contributed by atoms with Crippen LogP contribution in [-0.2, 0) is 4.79 Å². The van der Waals surface area contributed by atoms with Crippen LogP contribution < -0.4 is 4.74 Å². The molecule has 0 aliphatic heterocycles. The molecule has 0 unspecified atom stereocenters. The molecule has 0 radical (unpaired) electrons. The van der Waals surface area contributed by atoms with E-state index in [1.54, 1.807) is 18.2 Å². The average molecular weight is 292 g/mol. The zero-order valence-electron chi connectivity index (χ0n) is 10.8. The van der Waals surface area contributed by atoms with Crippen molar-refractivity contribution in [3.8, 4) is 11.8 Å². The molecule has 1 aromatic carbocycles. The minimum absolute atomic E-state index is 0.0369. The third-order valence-electron chi connectivity index (χ3n) is 3.35. The Labute approximate surface area is 122 Å². The summed E-state index contributed by atoms with van der Waals surface area (Å²) in [5.41, 5.74) is 0.509. The summed E-state index contributed by atoms with van der Waals surface area (Å²) in [7, 11) is 0. The number of nitrogens with zero attached hydrogens (tertiary/aromatic N) is 1. The van der Waals surface area contributed by atoms with Crippen LogP contribution >= 0.6 is 11.6 Å². The third-order valence-corrected chi connectivity index (χ3v) is 3.68. The van der Waals surface area contributed by atoms with E-state index in [9.17, 15) is 4.79 Å². The van der Waals surface area contributed by atoms with E-state index < -0.39 is 5.97 Å². The molecule has 0 amide bonds. The Morgan fingerprint density at radius 2 is 2.30 bits per heavy atom. The highest BCUT2D eigenvalue weighted by Crippen LogP contribution is 2.49. The molecule has 5 heteroatoms. The van der Waals surface area contributed by atoms with Gasteiger partial charge in [-0.1, -0.05) is 17.7 Å². The van der Waals surface area contributed by atoms with Gasteiger partial charge in [0.05, 0.1) is 17.7 Å². The zero-order chi connectivity index (χ0) is 14.6. The smallest absolute Gasteiger partial charge is 0.328 e. The Morgan fingerprint density at radius 1 is 1.55 bits per heavy atom. The quantitative estimate of drug-likeness (QED) is 0.814. The first-order chi connectivity index (χ1) is 9.56. The molecule has 0 atom stereocenters. The molecule has 1 aromatic rings. The molecule has 1 aliphatic rings. The Morgan fingerprint density at radius 3 is 2.90 bits per heavy atom. The van der Waals surface area contributed by atoms with Crippen molar-refractivity contribution in [3.63, 3.8) is 0 Å². The minimum Gasteiger partial charge on any atom is -0.492 e. The second kappa shape index (κ2) is 5.98. The maximum absolute atomic E-state index is 10.6. The zero-order valence-corrected chi connectivity index (χ0v) is 11.6. The van der Waals surface area contributed by atoms with Gasteiger partial charge in [0.2, 0.25) is 0 Å². The molecule has 0 aromatic heterocycles. The van der Waals surface area contributed by atoms with Crippen molar-refractivity contribution < 1.29 is 14.6 Å². The minimum atomic E-state index is -1.04. The monoisotopic (exact) mass is 291 g/mol. The summed E-state index contributed by atoms with van der Waals surface area (Å²) in [6.07, 6.45) is 4.90. The summed E-state index contributed by atoms with van der Waals surface area (Å²) in [5.74, 6) is -0.502. The third kappa shape index (κ3) is 3.52. The fourth-order valence-electron chi connectivity index (χ4n) is 1.91. The maximum atomic E-state index is 10.6. The van der Waals surface area contributed by atoms with Crippen molar-refractivity contribution in [1.82, 2.24) is 0 Å². The van der Waals surface area contributed by atoms with Crippen LogP contribution in [0.4, 0.5) is 0 Å². The molecule has 104 valence electrons. The van der Waals surface area contributed by atoms with Crippen LogP contribution in [0.15, 0.2) is 24.3 Å². The highest BCUT2D eigenvalue weighted by molar-refractivity contribution is 6.32. The lowest BCUT2D eigenvalue weighted by Crippen LogP contribution is -2.12. The van der Waals surface area contributed by atoms with Crippen molar-refractivity contribution in [1.29, 1.82) is 5.26 Å². The van der Waals surface area contributed by atoms with Gasteiger partial charge in [-0.3, -0.25) is 0 Å². The van der Waals surface area contributed by atoms with E-state index in [1.807, 2.05) is 0 Å². The molecule has 2 rings (SSSR count). The lowest BCUT2D eigenvalue weighted by Gasteiger charge is -2.15. The predicted octanol–water partition coefficient (Wildman–Crippen LogP) is 3.51. The molecule has 0 spiro atoms. The molecule has 0 heterocycles. The van der Waals surface area contributed by atoms with Crippen molar-refractivity contribution in [3.05, 3.63) is 34.9 Å². The lowest BCUT2D eigenvalue weighted by atomic mass is 10.1. The molecular formula is C15H14ClNO3. The number of rotatable bonds is 6. The van der Waals surface area contributed by atoms with Crippen molar-refractivity contribution in [2.45, 2.75) is 19.3 Å². The van der Waals surface area contributed by atoms with Gasteiger partial charge in [0.25, 0.3) is 0 Å². The number of benzene rings is 1. The molecule has 1 N–H and O–H groups in total. The number of aliphatic carboxylic acids is 1. The first-order valence-electron chi connectivity index (χ1n) is 6.26. The van der Waals surface area contributed by atoms with Gasteiger partial charge in [-0.25, -0.2) is 4.79 Å². The highest BCUT2D eigenvalue weighted by Gasteiger charge is 2.43. The SMILES string of the molecule is N#CCC1(COc2cccc(Cl)c2/C=C/C(=O)O)CC1. The topological polar surface area (TPSA) is 70.3 Å². The molecule has 1 fully saturated rings. The number of hydrogen-bond donors (Lipinski definition) is 1. The van der Waals surface area contributed by atoms with Crippen molar-refractivity contribution >= 4 is 23.6 Å². The van der Waals surface area contributed by atoms with Gasteiger partial charge in [-0.2, -0.15) is 5.26 Å². The summed E-state index contributed by atoms with van der Waals surface area (Å²) < 4.78 is 5.75. The van der Waals surface area contributed by atoms with Crippen LogP contribution in [0.1, 0.15) is 24.8 Å². The van der Waals surface area contributed by atoms with Gasteiger partial charge in [0.1, 0.15) is 5.75 Å². The number of carbonyl (C=O) groups is 1. The van der Waals surface area contributed by atoms with E-state index in [-0.39, 0.29) is 5.41 Å². The molecule has 0 bridgehead atoms. The molecule has 1 aliphatic carbocycles. The van der Waals surface area contributed by atoms with E-state index in [2.05, 4.69) is 6.07 Å². The van der Waals surface area contributed by atoms with Gasteiger partial charge in [-0.15, -0.1) is 0 Å². The molecule has 4 nitrogen and oxygen atoms in total. The van der Waals surface area contributed by atoms with Gasteiger partial charge in [-0.05, 0) is 31.1 Å². The van der Waals surface area contributed by atoms with Crippen LogP contribution in [0.25, 0.3) is 6.08 Å². The van der Waals surface area contributed by atoms with E-state index in [4.69, 9.17) is 26.7 Å². The summed E-state index contributed by atoms with van der Waals surface area (Å²) >= 11 is 6.06. The van der Waals surface area contributed by atoms with E-state index >= 15 is 0 Å². The van der Waals surface area contributed by atoms with Gasteiger partial charge >= 0.3 is 5.97 Å². The number of carboxylic acids is 1. The van der Waals surface area contributed by atoms with E-state index in [0.717, 1.165) is 18.9 Å². The van der Waals surface area contributed by atoms with Crippen LogP contribution in [-0.4, -0.2) is 17.7 Å². The number of nitriles is 1. The number of carboxylic acid groups (broad SMARTS) is 1. The number of halogens is 1. The lowest BCUT2D eigenvalue weighted by molar-refractivity contribution is -0.131. The van der Waals surface area contributed by atoms with Crippen molar-refractivity contribution in [2.75, 3.05) is 6.61 Å². The largest absolute Gasteiger partial charge is 0.492 e. The fraction of sp³-hybridized carbons (Fsp3) is 0.333. The second-order valence-corrected chi connectivity index (χ2v) is 5.35. The van der Waals surface area contributed by atoms with Crippen LogP contribution in [0.2, 0.25) is 5.02 Å². The normalized spacial score (nSPS) is 15.8. The summed E-state index contributed by atoms with van der Waals surface area (Å²) in [5, 5.41) is 17.9. The fourth-order valence-corrected chi connectivity index (χ4v) is 2.14. The Hall–Kier alpha value is -1.99. The van der Waals surface area contributed by atoms with E-state index in [0.29, 0.717) is 29.4 Å².